The summed E-state index contributed by atoms with van der Waals surface area (Å²) < 4.78 is 4.52. The monoisotopic (exact) mass is 450 g/mol. The lowest BCUT2D eigenvalue weighted by atomic mass is 9.96. The molecular formula is C33H26N2. The molecule has 0 saturated carbocycles. The molecule has 0 aliphatic heterocycles. The Balaban J connectivity index is 1.48. The average Bonchev–Trinajstić information content (AvgIpc) is 3.53. The molecule has 6 rings (SSSR count). The molecule has 2 heteroatoms. The summed E-state index contributed by atoms with van der Waals surface area (Å²) in [6.45, 7) is 5.90. The Morgan fingerprint density at radius 3 is 2.31 bits per heavy atom. The van der Waals surface area contributed by atoms with Gasteiger partial charge in [0.15, 0.2) is 0 Å². The van der Waals surface area contributed by atoms with Crippen molar-refractivity contribution in [2.45, 2.75) is 6.92 Å². The van der Waals surface area contributed by atoms with Crippen molar-refractivity contribution in [1.29, 1.82) is 0 Å². The third-order valence-corrected chi connectivity index (χ3v) is 6.71. The molecule has 4 aromatic carbocycles. The Morgan fingerprint density at radius 1 is 0.743 bits per heavy atom. The van der Waals surface area contributed by atoms with E-state index in [0.717, 1.165) is 0 Å². The number of allylic oxidation sites excluding steroid dienone is 5. The van der Waals surface area contributed by atoms with E-state index >= 15 is 0 Å². The summed E-state index contributed by atoms with van der Waals surface area (Å²) in [5, 5.41) is 5.00. The van der Waals surface area contributed by atoms with Gasteiger partial charge in [0.25, 0.3) is 0 Å². The van der Waals surface area contributed by atoms with E-state index in [1.165, 1.54) is 55.1 Å². The van der Waals surface area contributed by atoms with E-state index in [9.17, 15) is 0 Å². The summed E-state index contributed by atoms with van der Waals surface area (Å²) >= 11 is 0. The lowest BCUT2D eigenvalue weighted by Crippen LogP contribution is -1.93. The number of rotatable bonds is 5. The molecule has 35 heavy (non-hydrogen) atoms. The van der Waals surface area contributed by atoms with Gasteiger partial charge in [0, 0.05) is 34.6 Å². The van der Waals surface area contributed by atoms with Gasteiger partial charge >= 0.3 is 0 Å². The van der Waals surface area contributed by atoms with E-state index in [2.05, 4.69) is 132 Å². The Labute approximate surface area is 205 Å². The van der Waals surface area contributed by atoms with Crippen LogP contribution in [0.3, 0.4) is 0 Å². The van der Waals surface area contributed by atoms with Crippen molar-refractivity contribution in [2.75, 3.05) is 0 Å². The SMILES string of the molecule is C=C/C=C\C=C(/C)n1ccc2cc(-c3ccc(-n4ccc5ccccc54)cc3)c3ccccc3c21. The fourth-order valence-corrected chi connectivity index (χ4v) is 5.00. The largest absolute Gasteiger partial charge is 0.320 e. The fourth-order valence-electron chi connectivity index (χ4n) is 5.00. The maximum absolute atomic E-state index is 3.76. The molecule has 6 aromatic rings. The van der Waals surface area contributed by atoms with Gasteiger partial charge in [-0.3, -0.25) is 0 Å². The molecule has 0 fully saturated rings. The first-order valence-electron chi connectivity index (χ1n) is 11.9. The average molecular weight is 451 g/mol. The molecule has 2 aromatic heterocycles. The molecular weight excluding hydrogens is 424 g/mol. The van der Waals surface area contributed by atoms with Gasteiger partial charge in [-0.2, -0.15) is 0 Å². The van der Waals surface area contributed by atoms with Crippen LogP contribution in [0, 0.1) is 0 Å². The number of benzene rings is 4. The normalized spacial score (nSPS) is 12.3. The molecule has 0 bridgehead atoms. The number of hydrogen-bond acceptors (Lipinski definition) is 0. The highest BCUT2D eigenvalue weighted by atomic mass is 15.0. The van der Waals surface area contributed by atoms with Gasteiger partial charge in [-0.1, -0.05) is 79.4 Å². The predicted molar refractivity (Wildman–Crippen MR) is 151 cm³/mol. The molecule has 0 amide bonds. The first-order valence-corrected chi connectivity index (χ1v) is 11.9. The second-order valence-corrected chi connectivity index (χ2v) is 8.81. The Bertz CT molecular complexity index is 1750. The first-order chi connectivity index (χ1) is 17.2. The van der Waals surface area contributed by atoms with Crippen LogP contribution in [-0.4, -0.2) is 9.13 Å². The number of para-hydroxylation sites is 1. The molecule has 0 unspecified atom stereocenters. The zero-order valence-electron chi connectivity index (χ0n) is 19.7. The van der Waals surface area contributed by atoms with Crippen molar-refractivity contribution in [3.05, 3.63) is 134 Å². The summed E-state index contributed by atoms with van der Waals surface area (Å²) in [7, 11) is 0. The lowest BCUT2D eigenvalue weighted by Gasteiger charge is -2.13. The van der Waals surface area contributed by atoms with Gasteiger partial charge in [0.1, 0.15) is 0 Å². The molecule has 0 aliphatic carbocycles. The summed E-state index contributed by atoms with van der Waals surface area (Å²) in [4.78, 5) is 0. The maximum Gasteiger partial charge on any atom is 0.0603 e. The van der Waals surface area contributed by atoms with Gasteiger partial charge in [0.05, 0.1) is 11.0 Å². The number of fused-ring (bicyclic) bond motifs is 4. The zero-order chi connectivity index (χ0) is 23.8. The molecule has 2 heterocycles. The van der Waals surface area contributed by atoms with Crippen LogP contribution in [0.2, 0.25) is 0 Å². The van der Waals surface area contributed by atoms with Crippen LogP contribution in [0.5, 0.6) is 0 Å². The van der Waals surface area contributed by atoms with Crippen LogP contribution in [0.1, 0.15) is 6.92 Å². The highest BCUT2D eigenvalue weighted by Gasteiger charge is 2.13. The molecule has 2 nitrogen and oxygen atoms in total. The Kier molecular flexibility index (Phi) is 5.20. The molecule has 0 spiro atoms. The van der Waals surface area contributed by atoms with E-state index in [-0.39, 0.29) is 0 Å². The Morgan fingerprint density at radius 2 is 1.49 bits per heavy atom. The van der Waals surface area contributed by atoms with Crippen LogP contribution in [0.15, 0.2) is 134 Å². The zero-order valence-corrected chi connectivity index (χ0v) is 19.7. The maximum atomic E-state index is 3.76. The molecule has 0 atom stereocenters. The minimum absolute atomic E-state index is 1.17. The van der Waals surface area contributed by atoms with E-state index in [0.29, 0.717) is 0 Å². The van der Waals surface area contributed by atoms with E-state index in [1.54, 1.807) is 6.08 Å². The number of aromatic nitrogens is 2. The van der Waals surface area contributed by atoms with Crippen molar-refractivity contribution >= 4 is 38.3 Å². The minimum atomic E-state index is 1.17. The van der Waals surface area contributed by atoms with Crippen molar-refractivity contribution in [3.63, 3.8) is 0 Å². The van der Waals surface area contributed by atoms with Crippen LogP contribution in [0.4, 0.5) is 0 Å². The number of nitrogens with zero attached hydrogens (tertiary/aromatic N) is 2. The second kappa shape index (κ2) is 8.66. The molecule has 0 radical (unpaired) electrons. The van der Waals surface area contributed by atoms with Crippen LogP contribution < -0.4 is 0 Å². The van der Waals surface area contributed by atoms with Gasteiger partial charge in [-0.25, -0.2) is 0 Å². The molecule has 168 valence electrons. The lowest BCUT2D eigenvalue weighted by molar-refractivity contribution is 1.13. The molecule has 0 aliphatic rings. The van der Waals surface area contributed by atoms with Crippen LogP contribution >= 0.6 is 0 Å². The van der Waals surface area contributed by atoms with E-state index < -0.39 is 0 Å². The third-order valence-electron chi connectivity index (χ3n) is 6.71. The summed E-state index contributed by atoms with van der Waals surface area (Å²) in [5.74, 6) is 0. The van der Waals surface area contributed by atoms with E-state index in [1.807, 2.05) is 12.2 Å². The standard InChI is InChI=1S/C33H26N2/c1-3-4-5-10-24(2)34-21-20-27-23-31(29-12-7-8-13-30(29)33(27)34)25-15-17-28(18-16-25)35-22-19-26-11-6-9-14-32(26)35/h3-23H,1H2,2H3/b5-4-,24-10+. The van der Waals surface area contributed by atoms with Crippen molar-refractivity contribution < 1.29 is 0 Å². The molecule has 0 N–H and O–H groups in total. The van der Waals surface area contributed by atoms with Crippen LogP contribution in [0.25, 0.3) is 55.1 Å². The smallest absolute Gasteiger partial charge is 0.0603 e. The quantitative estimate of drug-likeness (QED) is 0.232. The van der Waals surface area contributed by atoms with Crippen molar-refractivity contribution in [3.8, 4) is 16.8 Å². The Hall–Kier alpha value is -4.56. The van der Waals surface area contributed by atoms with Gasteiger partial charge in [0.2, 0.25) is 0 Å². The minimum Gasteiger partial charge on any atom is -0.320 e. The first kappa shape index (κ1) is 21.0. The predicted octanol–water partition coefficient (Wildman–Crippen LogP) is 9.01. The second-order valence-electron chi connectivity index (χ2n) is 8.81. The highest BCUT2D eigenvalue weighted by Crippen LogP contribution is 2.36. The van der Waals surface area contributed by atoms with Gasteiger partial charge in [-0.05, 0) is 71.3 Å². The van der Waals surface area contributed by atoms with Crippen LogP contribution in [-0.2, 0) is 0 Å². The molecule has 0 saturated heterocycles. The topological polar surface area (TPSA) is 9.86 Å². The van der Waals surface area contributed by atoms with Crippen molar-refractivity contribution in [2.24, 2.45) is 0 Å². The summed E-state index contributed by atoms with van der Waals surface area (Å²) in [5.41, 5.74) is 7.26. The van der Waals surface area contributed by atoms with Gasteiger partial charge in [-0.15, -0.1) is 0 Å². The van der Waals surface area contributed by atoms with E-state index in [4.69, 9.17) is 0 Å². The summed E-state index contributed by atoms with van der Waals surface area (Å²) in [6, 6.07) is 32.8. The van der Waals surface area contributed by atoms with Crippen molar-refractivity contribution in [1.82, 2.24) is 9.13 Å². The summed E-state index contributed by atoms with van der Waals surface area (Å²) in [6.07, 6.45) is 12.2. The highest BCUT2D eigenvalue weighted by molar-refractivity contribution is 6.13. The number of hydrogen-bond donors (Lipinski definition) is 0. The third kappa shape index (κ3) is 3.60. The fraction of sp³-hybridized carbons (Fsp3) is 0.0303. The van der Waals surface area contributed by atoms with Gasteiger partial charge < -0.3 is 9.13 Å².